The predicted molar refractivity (Wildman–Crippen MR) is 176 cm³/mol. The second-order valence-corrected chi connectivity index (χ2v) is 13.1. The summed E-state index contributed by atoms with van der Waals surface area (Å²) in [4.78, 5) is 42.2. The molecule has 1 saturated carbocycles. The van der Waals surface area contributed by atoms with E-state index in [0.717, 1.165) is 53.4 Å². The van der Waals surface area contributed by atoms with Gasteiger partial charge in [-0.2, -0.15) is 0 Å². The van der Waals surface area contributed by atoms with Gasteiger partial charge in [-0.3, -0.25) is 4.79 Å². The molecule has 0 N–H and O–H groups in total. The summed E-state index contributed by atoms with van der Waals surface area (Å²) >= 11 is 0. The van der Waals surface area contributed by atoms with Crippen LogP contribution in [-0.4, -0.2) is 60.6 Å². The zero-order valence-electron chi connectivity index (χ0n) is 27.5. The summed E-state index contributed by atoms with van der Waals surface area (Å²) in [6.07, 6.45) is 9.05. The zero-order valence-corrected chi connectivity index (χ0v) is 27.5. The van der Waals surface area contributed by atoms with Crippen molar-refractivity contribution in [2.75, 3.05) is 27.8 Å². The Balaban J connectivity index is 1.78. The molecule has 0 bridgehead atoms. The average Bonchev–Trinajstić information content (AvgIpc) is 3.21. The molecule has 0 atom stereocenters. The maximum Gasteiger partial charge on any atom is 0.343 e. The van der Waals surface area contributed by atoms with E-state index in [1.165, 1.54) is 18.2 Å². The standard InChI is InChI=1S/C37H44N2O6/c1-8-44-36(42)30(22-38(5)6)34(40)26-18-25-19-27(43-7)15-17-28(25)33-32(23-12-10-9-11-13-23)29-16-14-24(20-31(29)39(33)21-26)35(41)45-37(2,3)4/h14-20,22-23H,8-13,21H2,1-7H3/b30-22+. The largest absolute Gasteiger partial charge is 0.497 e. The molecule has 8 heteroatoms. The van der Waals surface area contributed by atoms with Crippen molar-refractivity contribution >= 4 is 34.7 Å². The SMILES string of the molecule is CCOC(=O)/C(=C/N(C)C)C(=O)C1=Cc2cc(OC)ccc2-c2c(C3CCCCC3)c3ccc(C(=O)OC(C)(C)C)cc3n2C1. The van der Waals surface area contributed by atoms with Crippen LogP contribution in [0.2, 0.25) is 0 Å². The van der Waals surface area contributed by atoms with E-state index in [9.17, 15) is 14.4 Å². The van der Waals surface area contributed by atoms with E-state index in [1.807, 2.05) is 63.2 Å². The molecule has 1 aliphatic heterocycles. The molecule has 0 amide bonds. The number of benzene rings is 2. The van der Waals surface area contributed by atoms with Crippen LogP contribution in [0.1, 0.15) is 87.2 Å². The van der Waals surface area contributed by atoms with Gasteiger partial charge in [0.25, 0.3) is 0 Å². The molecular weight excluding hydrogens is 568 g/mol. The van der Waals surface area contributed by atoms with Crippen LogP contribution in [0.4, 0.5) is 0 Å². The number of ketones is 1. The quantitative estimate of drug-likeness (QED) is 0.114. The molecule has 5 rings (SSSR count). The summed E-state index contributed by atoms with van der Waals surface area (Å²) < 4.78 is 18.8. The van der Waals surface area contributed by atoms with Gasteiger partial charge >= 0.3 is 11.9 Å². The minimum Gasteiger partial charge on any atom is -0.497 e. The Hall–Kier alpha value is -4.33. The van der Waals surface area contributed by atoms with E-state index >= 15 is 0 Å². The highest BCUT2D eigenvalue weighted by Gasteiger charge is 2.32. The van der Waals surface area contributed by atoms with Gasteiger partial charge in [0.05, 0.1) is 31.5 Å². The van der Waals surface area contributed by atoms with Crippen LogP contribution in [0.3, 0.4) is 0 Å². The van der Waals surface area contributed by atoms with E-state index in [2.05, 4.69) is 4.57 Å². The maximum atomic E-state index is 14.3. The molecule has 238 valence electrons. The number of carbonyl (C=O) groups excluding carboxylic acids is 3. The van der Waals surface area contributed by atoms with Crippen LogP contribution >= 0.6 is 0 Å². The molecule has 1 fully saturated rings. The number of esters is 2. The number of allylic oxidation sites excluding steroid dienone is 1. The van der Waals surface area contributed by atoms with E-state index in [-0.39, 0.29) is 18.7 Å². The summed E-state index contributed by atoms with van der Waals surface area (Å²) in [7, 11) is 5.15. The smallest absolute Gasteiger partial charge is 0.343 e. The third-order valence-corrected chi connectivity index (χ3v) is 8.34. The molecule has 1 aromatic heterocycles. The number of ether oxygens (including phenoxy) is 3. The first-order chi connectivity index (χ1) is 21.4. The lowest BCUT2D eigenvalue weighted by Crippen LogP contribution is -2.24. The summed E-state index contributed by atoms with van der Waals surface area (Å²) in [6, 6.07) is 11.7. The van der Waals surface area contributed by atoms with Crippen molar-refractivity contribution in [1.29, 1.82) is 0 Å². The summed E-state index contributed by atoms with van der Waals surface area (Å²) in [6.45, 7) is 7.63. The molecule has 0 unspecified atom stereocenters. The van der Waals surface area contributed by atoms with Crippen molar-refractivity contribution in [3.05, 3.63) is 70.4 Å². The molecule has 0 radical (unpaired) electrons. The molecule has 1 aliphatic carbocycles. The van der Waals surface area contributed by atoms with Crippen molar-refractivity contribution in [2.24, 2.45) is 0 Å². The highest BCUT2D eigenvalue weighted by Crippen LogP contribution is 2.47. The first-order valence-corrected chi connectivity index (χ1v) is 15.8. The van der Waals surface area contributed by atoms with Gasteiger partial charge in [0.15, 0.2) is 5.78 Å². The van der Waals surface area contributed by atoms with Crippen LogP contribution in [0.25, 0.3) is 28.2 Å². The first-order valence-electron chi connectivity index (χ1n) is 15.8. The number of rotatable bonds is 8. The molecule has 0 spiro atoms. The number of fused-ring (bicyclic) bond motifs is 5. The number of hydrogen-bond donors (Lipinski definition) is 0. The highest BCUT2D eigenvalue weighted by atomic mass is 16.6. The van der Waals surface area contributed by atoms with Gasteiger partial charge in [-0.05, 0) is 94.0 Å². The Morgan fingerprint density at radius 2 is 1.76 bits per heavy atom. The Labute approximate surface area is 265 Å². The Kier molecular flexibility index (Phi) is 9.23. The van der Waals surface area contributed by atoms with Gasteiger partial charge < -0.3 is 23.7 Å². The Morgan fingerprint density at radius 1 is 1.02 bits per heavy atom. The van der Waals surface area contributed by atoms with Crippen molar-refractivity contribution in [1.82, 2.24) is 9.47 Å². The van der Waals surface area contributed by atoms with Gasteiger partial charge in [-0.15, -0.1) is 0 Å². The third-order valence-electron chi connectivity index (χ3n) is 8.34. The first kappa shape index (κ1) is 32.1. The van der Waals surface area contributed by atoms with Crippen molar-refractivity contribution < 1.29 is 28.6 Å². The van der Waals surface area contributed by atoms with Crippen LogP contribution < -0.4 is 4.74 Å². The minimum atomic E-state index is -0.667. The van der Waals surface area contributed by atoms with Crippen molar-refractivity contribution in [2.45, 2.75) is 77.9 Å². The Morgan fingerprint density at radius 3 is 2.40 bits per heavy atom. The minimum absolute atomic E-state index is 0.0422. The topological polar surface area (TPSA) is 87.1 Å². The Bertz CT molecular complexity index is 1700. The third kappa shape index (κ3) is 6.70. The molecule has 3 aromatic rings. The fraction of sp³-hybridized carbons (Fsp3) is 0.432. The summed E-state index contributed by atoms with van der Waals surface area (Å²) in [5.74, 6) is -0.473. The molecular formula is C37H44N2O6. The van der Waals surface area contributed by atoms with Gasteiger partial charge in [-0.25, -0.2) is 9.59 Å². The van der Waals surface area contributed by atoms with Crippen LogP contribution in [-0.2, 0) is 25.6 Å². The monoisotopic (exact) mass is 612 g/mol. The summed E-state index contributed by atoms with van der Waals surface area (Å²) in [5, 5.41) is 1.06. The summed E-state index contributed by atoms with van der Waals surface area (Å²) in [5.41, 5.74) is 5.12. The predicted octanol–water partition coefficient (Wildman–Crippen LogP) is 7.29. The van der Waals surface area contributed by atoms with Crippen LogP contribution in [0.15, 0.2) is 53.7 Å². The number of hydrogen-bond acceptors (Lipinski definition) is 7. The van der Waals surface area contributed by atoms with Crippen molar-refractivity contribution in [3.63, 3.8) is 0 Å². The number of aromatic nitrogens is 1. The fourth-order valence-electron chi connectivity index (χ4n) is 6.49. The average molecular weight is 613 g/mol. The zero-order chi connectivity index (χ0) is 32.5. The molecule has 2 heterocycles. The van der Waals surface area contributed by atoms with Crippen molar-refractivity contribution in [3.8, 4) is 17.0 Å². The maximum absolute atomic E-state index is 14.3. The van der Waals surface area contributed by atoms with Crippen LogP contribution in [0, 0.1) is 0 Å². The van der Waals surface area contributed by atoms with Gasteiger partial charge in [0, 0.05) is 42.3 Å². The highest BCUT2D eigenvalue weighted by molar-refractivity contribution is 6.25. The van der Waals surface area contributed by atoms with E-state index < -0.39 is 23.3 Å². The molecule has 45 heavy (non-hydrogen) atoms. The van der Waals surface area contributed by atoms with Crippen LogP contribution in [0.5, 0.6) is 5.75 Å². The number of nitrogens with zero attached hydrogens (tertiary/aromatic N) is 2. The molecule has 0 saturated heterocycles. The van der Waals surface area contributed by atoms with Gasteiger partial charge in [0.2, 0.25) is 0 Å². The molecule has 8 nitrogen and oxygen atoms in total. The second kappa shape index (κ2) is 13.0. The lowest BCUT2D eigenvalue weighted by atomic mass is 9.81. The van der Waals surface area contributed by atoms with E-state index in [1.54, 1.807) is 33.0 Å². The fourth-order valence-corrected chi connectivity index (χ4v) is 6.49. The molecule has 2 aromatic carbocycles. The lowest BCUT2D eigenvalue weighted by Gasteiger charge is -2.24. The van der Waals surface area contributed by atoms with Gasteiger partial charge in [0.1, 0.15) is 16.9 Å². The lowest BCUT2D eigenvalue weighted by molar-refractivity contribution is -0.139. The number of Topliss-reactive ketones (excluding diaryl/α,β-unsaturated/α-hetero) is 1. The van der Waals surface area contributed by atoms with E-state index in [0.29, 0.717) is 22.8 Å². The number of carbonyl (C=O) groups is 3. The normalized spacial score (nSPS) is 15.4. The van der Waals surface area contributed by atoms with E-state index in [4.69, 9.17) is 14.2 Å². The van der Waals surface area contributed by atoms with Gasteiger partial charge in [-0.1, -0.05) is 25.3 Å². The molecule has 2 aliphatic rings. The second-order valence-electron chi connectivity index (χ2n) is 13.1. The number of methoxy groups -OCH3 is 1.